The smallest absolute Gasteiger partial charge is 0.320 e. The summed E-state index contributed by atoms with van der Waals surface area (Å²) >= 11 is 5.82. The van der Waals surface area contributed by atoms with Crippen LogP contribution >= 0.6 is 24.0 Å². The Bertz CT molecular complexity index is 500. The number of carbonyl (C=O) groups excluding carboxylic acids is 1. The molecule has 6 nitrogen and oxygen atoms in total. The van der Waals surface area contributed by atoms with Gasteiger partial charge in [0.1, 0.15) is 18.4 Å². The second-order valence-corrected chi connectivity index (χ2v) is 5.15. The Labute approximate surface area is 147 Å². The fraction of sp³-hybridized carbons (Fsp3) is 0.467. The fourth-order valence-electron chi connectivity index (χ4n) is 1.80. The van der Waals surface area contributed by atoms with E-state index in [1.807, 2.05) is 6.92 Å². The van der Waals surface area contributed by atoms with Crippen LogP contribution in [0.25, 0.3) is 0 Å². The van der Waals surface area contributed by atoms with Crippen LogP contribution in [0.4, 0.5) is 0 Å². The van der Waals surface area contributed by atoms with E-state index < -0.39 is 12.0 Å². The minimum Gasteiger partial charge on any atom is -0.492 e. The van der Waals surface area contributed by atoms with Gasteiger partial charge in [0.25, 0.3) is 0 Å². The molecule has 0 fully saturated rings. The maximum absolute atomic E-state index is 11.6. The molecule has 0 radical (unpaired) electrons. The van der Waals surface area contributed by atoms with Gasteiger partial charge in [-0.05, 0) is 24.6 Å². The lowest BCUT2D eigenvalue weighted by Crippen LogP contribution is -2.43. The van der Waals surface area contributed by atoms with Crippen LogP contribution in [0.5, 0.6) is 5.75 Å². The van der Waals surface area contributed by atoms with Crippen LogP contribution in [-0.4, -0.2) is 42.7 Å². The van der Waals surface area contributed by atoms with Crippen LogP contribution in [0.2, 0.25) is 5.02 Å². The predicted molar refractivity (Wildman–Crippen MR) is 91.5 cm³/mol. The summed E-state index contributed by atoms with van der Waals surface area (Å²) in [6.45, 7) is 2.50. The molecule has 0 saturated carbocycles. The molecule has 3 N–H and O–H groups in total. The summed E-state index contributed by atoms with van der Waals surface area (Å²) in [5, 5.41) is 14.9. The van der Waals surface area contributed by atoms with E-state index in [9.17, 15) is 9.59 Å². The summed E-state index contributed by atoms with van der Waals surface area (Å²) in [5.41, 5.74) is 0. The number of amides is 1. The van der Waals surface area contributed by atoms with E-state index in [0.717, 1.165) is 6.42 Å². The van der Waals surface area contributed by atoms with Gasteiger partial charge in [-0.1, -0.05) is 31.0 Å². The van der Waals surface area contributed by atoms with Crippen LogP contribution in [0, 0.1) is 0 Å². The van der Waals surface area contributed by atoms with Gasteiger partial charge in [0.2, 0.25) is 5.91 Å². The van der Waals surface area contributed by atoms with Crippen LogP contribution < -0.4 is 15.4 Å². The molecule has 0 aliphatic carbocycles. The summed E-state index contributed by atoms with van der Waals surface area (Å²) < 4.78 is 5.43. The Morgan fingerprint density at radius 1 is 1.39 bits per heavy atom. The first-order valence-electron chi connectivity index (χ1n) is 7.14. The molecule has 0 aliphatic rings. The highest BCUT2D eigenvalue weighted by atomic mass is 35.5. The number of carboxylic acid groups (broad SMARTS) is 1. The van der Waals surface area contributed by atoms with Gasteiger partial charge in [0.05, 0.1) is 13.1 Å². The van der Waals surface area contributed by atoms with Gasteiger partial charge in [0.15, 0.2) is 0 Å². The molecule has 130 valence electrons. The monoisotopic (exact) mass is 364 g/mol. The first-order chi connectivity index (χ1) is 10.5. The number of halogens is 2. The van der Waals surface area contributed by atoms with Crippen molar-refractivity contribution in [1.82, 2.24) is 10.6 Å². The Morgan fingerprint density at radius 3 is 2.74 bits per heavy atom. The SMILES string of the molecule is CCCC(NCC(=O)NCCOc1cccc(Cl)c1)C(=O)O.Cl. The normalized spacial score (nSPS) is 11.2. The molecule has 0 bridgehead atoms. The third-order valence-corrected chi connectivity index (χ3v) is 3.11. The molecule has 0 aliphatic heterocycles. The van der Waals surface area contributed by atoms with E-state index in [4.69, 9.17) is 21.4 Å². The molecular weight excluding hydrogens is 343 g/mol. The molecule has 1 amide bonds. The number of carbonyl (C=O) groups is 2. The summed E-state index contributed by atoms with van der Waals surface area (Å²) in [6.07, 6.45) is 1.22. The minimum absolute atomic E-state index is 0. The number of ether oxygens (including phenoxy) is 1. The standard InChI is InChI=1S/C15H21ClN2O4.ClH/c1-2-4-13(15(20)21)18-10-14(19)17-7-8-22-12-6-3-5-11(16)9-12;/h3,5-6,9,13,18H,2,4,7-8,10H2,1H3,(H,17,19)(H,20,21);1H. The van der Waals surface area contributed by atoms with Crippen molar-refractivity contribution in [2.75, 3.05) is 19.7 Å². The topological polar surface area (TPSA) is 87.7 Å². The average Bonchev–Trinajstić information content (AvgIpc) is 2.47. The van der Waals surface area contributed by atoms with E-state index >= 15 is 0 Å². The Balaban J connectivity index is 0.00000484. The molecule has 8 heteroatoms. The van der Waals surface area contributed by atoms with Crippen molar-refractivity contribution < 1.29 is 19.4 Å². The first kappa shape index (κ1) is 21.5. The van der Waals surface area contributed by atoms with Gasteiger partial charge < -0.3 is 15.2 Å². The Hall–Kier alpha value is -1.50. The second-order valence-electron chi connectivity index (χ2n) is 4.72. The van der Waals surface area contributed by atoms with Crippen LogP contribution in [0.15, 0.2) is 24.3 Å². The Morgan fingerprint density at radius 2 is 2.13 bits per heavy atom. The maximum atomic E-state index is 11.6. The van der Waals surface area contributed by atoms with Crippen LogP contribution in [-0.2, 0) is 9.59 Å². The van der Waals surface area contributed by atoms with E-state index in [0.29, 0.717) is 30.3 Å². The second kappa shape index (κ2) is 12.0. The zero-order chi connectivity index (χ0) is 16.4. The molecule has 0 heterocycles. The lowest BCUT2D eigenvalue weighted by Gasteiger charge is -2.13. The molecule has 1 aromatic carbocycles. The fourth-order valence-corrected chi connectivity index (χ4v) is 1.98. The summed E-state index contributed by atoms with van der Waals surface area (Å²) in [6, 6.07) is 6.29. The molecule has 1 atom stereocenters. The largest absolute Gasteiger partial charge is 0.492 e. The lowest BCUT2D eigenvalue weighted by molar-refractivity contribution is -0.139. The van der Waals surface area contributed by atoms with Gasteiger partial charge in [-0.15, -0.1) is 12.4 Å². The third-order valence-electron chi connectivity index (χ3n) is 2.87. The van der Waals surface area contributed by atoms with E-state index in [2.05, 4.69) is 10.6 Å². The van der Waals surface area contributed by atoms with Crippen molar-refractivity contribution in [3.05, 3.63) is 29.3 Å². The molecule has 1 rings (SSSR count). The number of nitrogens with one attached hydrogen (secondary N) is 2. The van der Waals surface area contributed by atoms with Gasteiger partial charge >= 0.3 is 5.97 Å². The first-order valence-corrected chi connectivity index (χ1v) is 7.52. The van der Waals surface area contributed by atoms with E-state index in [1.54, 1.807) is 24.3 Å². The number of rotatable bonds is 10. The number of carboxylic acids is 1. The van der Waals surface area contributed by atoms with Crippen LogP contribution in [0.3, 0.4) is 0 Å². The van der Waals surface area contributed by atoms with Crippen molar-refractivity contribution in [3.8, 4) is 5.75 Å². The summed E-state index contributed by atoms with van der Waals surface area (Å²) in [7, 11) is 0. The van der Waals surface area contributed by atoms with Crippen LogP contribution in [0.1, 0.15) is 19.8 Å². The van der Waals surface area contributed by atoms with Gasteiger partial charge in [-0.25, -0.2) is 0 Å². The number of aliphatic carboxylic acids is 1. The quantitative estimate of drug-likeness (QED) is 0.553. The zero-order valence-electron chi connectivity index (χ0n) is 12.9. The maximum Gasteiger partial charge on any atom is 0.320 e. The van der Waals surface area contributed by atoms with Crippen molar-refractivity contribution in [2.24, 2.45) is 0 Å². The van der Waals surface area contributed by atoms with Crippen molar-refractivity contribution in [2.45, 2.75) is 25.8 Å². The van der Waals surface area contributed by atoms with Crippen molar-refractivity contribution in [3.63, 3.8) is 0 Å². The van der Waals surface area contributed by atoms with E-state index in [1.165, 1.54) is 0 Å². The molecule has 0 aromatic heterocycles. The van der Waals surface area contributed by atoms with Crippen molar-refractivity contribution in [1.29, 1.82) is 0 Å². The third kappa shape index (κ3) is 9.28. The molecule has 23 heavy (non-hydrogen) atoms. The minimum atomic E-state index is -0.945. The summed E-state index contributed by atoms with van der Waals surface area (Å²) in [5.74, 6) is -0.579. The van der Waals surface area contributed by atoms with Gasteiger partial charge in [-0.2, -0.15) is 0 Å². The zero-order valence-corrected chi connectivity index (χ0v) is 14.5. The molecule has 0 saturated heterocycles. The average molecular weight is 365 g/mol. The highest BCUT2D eigenvalue weighted by Gasteiger charge is 2.16. The lowest BCUT2D eigenvalue weighted by atomic mass is 10.2. The Kier molecular flexibility index (Phi) is 11.2. The molecule has 1 unspecified atom stereocenters. The summed E-state index contributed by atoms with van der Waals surface area (Å²) in [4.78, 5) is 22.5. The number of hydrogen-bond donors (Lipinski definition) is 3. The highest BCUT2D eigenvalue weighted by Crippen LogP contribution is 2.16. The van der Waals surface area contributed by atoms with Gasteiger partial charge in [0, 0.05) is 5.02 Å². The van der Waals surface area contributed by atoms with Crippen molar-refractivity contribution >= 4 is 35.9 Å². The molecular formula is C15H22Cl2N2O4. The molecule has 0 spiro atoms. The van der Waals surface area contributed by atoms with Gasteiger partial charge in [-0.3, -0.25) is 14.9 Å². The molecule has 1 aromatic rings. The number of hydrogen-bond acceptors (Lipinski definition) is 4. The number of benzene rings is 1. The predicted octanol–water partition coefficient (Wildman–Crippen LogP) is 2.10. The van der Waals surface area contributed by atoms with E-state index in [-0.39, 0.29) is 24.9 Å². The highest BCUT2D eigenvalue weighted by molar-refractivity contribution is 6.30.